The normalized spacial score (nSPS) is 9.92. The second-order valence-electron chi connectivity index (χ2n) is 2.00. The van der Waals surface area contributed by atoms with Gasteiger partial charge in [0.05, 0.1) is 10.6 Å². The van der Waals surface area contributed by atoms with Gasteiger partial charge in [0.2, 0.25) is 0 Å². The predicted molar refractivity (Wildman–Crippen MR) is 38.9 cm³/mol. The number of hydrogen-bond donors (Lipinski definition) is 0. The molecule has 0 aliphatic rings. The van der Waals surface area contributed by atoms with Crippen molar-refractivity contribution in [2.24, 2.45) is 0 Å². The topological polar surface area (TPSA) is 36.7 Å². The summed E-state index contributed by atoms with van der Waals surface area (Å²) in [5.41, 5.74) is -0.709. The number of nitrogens with zero attached hydrogens (tertiary/aromatic N) is 2. The van der Waals surface area contributed by atoms with Gasteiger partial charge in [0, 0.05) is 6.20 Å². The molecular formula is C7H3ClF2N2. The third-order valence-electron chi connectivity index (χ3n) is 1.22. The summed E-state index contributed by atoms with van der Waals surface area (Å²) >= 11 is 5.41. The molecule has 0 atom stereocenters. The molecule has 5 heteroatoms. The SMILES string of the molecule is N#Cc1ncc(Cl)cc1C(F)F. The largest absolute Gasteiger partial charge is 0.266 e. The van der Waals surface area contributed by atoms with Gasteiger partial charge < -0.3 is 0 Å². The van der Waals surface area contributed by atoms with Crippen LogP contribution in [0, 0.1) is 11.3 Å². The Morgan fingerprint density at radius 3 is 2.75 bits per heavy atom. The Labute approximate surface area is 72.4 Å². The maximum Gasteiger partial charge on any atom is 0.266 e. The van der Waals surface area contributed by atoms with E-state index in [2.05, 4.69) is 4.98 Å². The fourth-order valence-electron chi connectivity index (χ4n) is 0.715. The van der Waals surface area contributed by atoms with Crippen LogP contribution in [0.5, 0.6) is 0 Å². The molecule has 0 radical (unpaired) electrons. The Kier molecular flexibility index (Phi) is 2.56. The van der Waals surface area contributed by atoms with Gasteiger partial charge in [-0.1, -0.05) is 11.6 Å². The van der Waals surface area contributed by atoms with E-state index in [0.717, 1.165) is 12.3 Å². The van der Waals surface area contributed by atoms with E-state index in [0.29, 0.717) is 0 Å². The van der Waals surface area contributed by atoms with Gasteiger partial charge in [0.25, 0.3) is 6.43 Å². The van der Waals surface area contributed by atoms with Crippen molar-refractivity contribution in [1.29, 1.82) is 5.26 Å². The maximum atomic E-state index is 12.1. The average molecular weight is 189 g/mol. The Morgan fingerprint density at radius 2 is 2.25 bits per heavy atom. The summed E-state index contributed by atoms with van der Waals surface area (Å²) < 4.78 is 24.3. The Morgan fingerprint density at radius 1 is 1.58 bits per heavy atom. The monoisotopic (exact) mass is 188 g/mol. The summed E-state index contributed by atoms with van der Waals surface area (Å²) in [7, 11) is 0. The molecule has 0 saturated carbocycles. The fourth-order valence-corrected chi connectivity index (χ4v) is 0.881. The summed E-state index contributed by atoms with van der Waals surface area (Å²) in [6, 6.07) is 2.59. The van der Waals surface area contributed by atoms with Gasteiger partial charge in [-0.15, -0.1) is 0 Å². The van der Waals surface area contributed by atoms with Crippen LogP contribution in [0.1, 0.15) is 17.7 Å². The molecule has 1 heterocycles. The van der Waals surface area contributed by atoms with Crippen molar-refractivity contribution in [3.8, 4) is 6.07 Å². The standard InChI is InChI=1S/C7H3ClF2N2/c8-4-1-5(7(9)10)6(2-11)12-3-4/h1,3,7H. The molecule has 0 aromatic carbocycles. The van der Waals surface area contributed by atoms with E-state index in [1.54, 1.807) is 6.07 Å². The van der Waals surface area contributed by atoms with Gasteiger partial charge in [-0.3, -0.25) is 0 Å². The van der Waals surface area contributed by atoms with Crippen LogP contribution in [0.3, 0.4) is 0 Å². The number of aromatic nitrogens is 1. The van der Waals surface area contributed by atoms with E-state index in [1.165, 1.54) is 0 Å². The highest BCUT2D eigenvalue weighted by atomic mass is 35.5. The molecule has 0 unspecified atom stereocenters. The van der Waals surface area contributed by atoms with Crippen LogP contribution in [-0.2, 0) is 0 Å². The van der Waals surface area contributed by atoms with Crippen LogP contribution in [0.25, 0.3) is 0 Å². The quantitative estimate of drug-likeness (QED) is 0.679. The Hall–Kier alpha value is -1.21. The maximum absolute atomic E-state index is 12.1. The Balaban J connectivity index is 3.24. The summed E-state index contributed by atoms with van der Waals surface area (Å²) in [5, 5.41) is 8.47. The minimum atomic E-state index is -2.72. The van der Waals surface area contributed by atoms with Crippen LogP contribution >= 0.6 is 11.6 Å². The van der Waals surface area contributed by atoms with Crippen LogP contribution in [0.4, 0.5) is 8.78 Å². The first-order valence-corrected chi connectivity index (χ1v) is 3.36. The van der Waals surface area contributed by atoms with E-state index in [4.69, 9.17) is 16.9 Å². The number of nitriles is 1. The van der Waals surface area contributed by atoms with Crippen molar-refractivity contribution < 1.29 is 8.78 Å². The van der Waals surface area contributed by atoms with Gasteiger partial charge in [-0.05, 0) is 6.07 Å². The molecule has 0 amide bonds. The molecule has 2 nitrogen and oxygen atoms in total. The second-order valence-corrected chi connectivity index (χ2v) is 2.44. The zero-order valence-electron chi connectivity index (χ0n) is 5.76. The molecule has 62 valence electrons. The van der Waals surface area contributed by atoms with Crippen molar-refractivity contribution in [1.82, 2.24) is 4.98 Å². The number of alkyl halides is 2. The molecule has 0 fully saturated rings. The highest BCUT2D eigenvalue weighted by Gasteiger charge is 2.14. The zero-order valence-corrected chi connectivity index (χ0v) is 6.52. The number of rotatable bonds is 1. The van der Waals surface area contributed by atoms with Gasteiger partial charge >= 0.3 is 0 Å². The fraction of sp³-hybridized carbons (Fsp3) is 0.143. The second kappa shape index (κ2) is 3.46. The average Bonchev–Trinajstić information content (AvgIpc) is 2.04. The highest BCUT2D eigenvalue weighted by molar-refractivity contribution is 6.30. The third kappa shape index (κ3) is 1.69. The van der Waals surface area contributed by atoms with Gasteiger partial charge in [-0.25, -0.2) is 13.8 Å². The summed E-state index contributed by atoms with van der Waals surface area (Å²) in [5.74, 6) is 0. The predicted octanol–water partition coefficient (Wildman–Crippen LogP) is 2.54. The zero-order chi connectivity index (χ0) is 9.14. The molecule has 0 aliphatic heterocycles. The molecule has 1 aromatic heterocycles. The molecule has 12 heavy (non-hydrogen) atoms. The first-order chi connectivity index (χ1) is 5.65. The lowest BCUT2D eigenvalue weighted by Gasteiger charge is -2.00. The van der Waals surface area contributed by atoms with E-state index in [1.807, 2.05) is 0 Å². The summed E-state index contributed by atoms with van der Waals surface area (Å²) in [6.45, 7) is 0. The van der Waals surface area contributed by atoms with Crippen LogP contribution in [-0.4, -0.2) is 4.98 Å². The van der Waals surface area contributed by atoms with Crippen molar-refractivity contribution >= 4 is 11.6 Å². The van der Waals surface area contributed by atoms with E-state index >= 15 is 0 Å². The molecule has 0 bridgehead atoms. The van der Waals surface area contributed by atoms with Gasteiger partial charge in [-0.2, -0.15) is 5.26 Å². The van der Waals surface area contributed by atoms with Crippen molar-refractivity contribution in [3.63, 3.8) is 0 Å². The smallest absolute Gasteiger partial charge is 0.243 e. The molecule has 1 aromatic rings. The van der Waals surface area contributed by atoms with Gasteiger partial charge in [0.15, 0.2) is 0 Å². The van der Waals surface area contributed by atoms with E-state index in [-0.39, 0.29) is 10.7 Å². The first kappa shape index (κ1) is 8.88. The third-order valence-corrected chi connectivity index (χ3v) is 1.43. The molecular weight excluding hydrogens is 186 g/mol. The highest BCUT2D eigenvalue weighted by Crippen LogP contribution is 2.23. The minimum Gasteiger partial charge on any atom is -0.243 e. The lowest BCUT2D eigenvalue weighted by Crippen LogP contribution is -1.93. The minimum absolute atomic E-state index is 0.101. The molecule has 1 rings (SSSR count). The number of pyridine rings is 1. The lowest BCUT2D eigenvalue weighted by molar-refractivity contribution is 0.150. The van der Waals surface area contributed by atoms with Gasteiger partial charge in [0.1, 0.15) is 11.8 Å². The number of halogens is 3. The lowest BCUT2D eigenvalue weighted by atomic mass is 10.2. The van der Waals surface area contributed by atoms with Crippen LogP contribution in [0.15, 0.2) is 12.3 Å². The van der Waals surface area contributed by atoms with Crippen LogP contribution in [0.2, 0.25) is 5.02 Å². The summed E-state index contributed by atoms with van der Waals surface area (Å²) in [6.07, 6.45) is -1.56. The molecule has 0 aliphatic carbocycles. The molecule has 0 saturated heterocycles. The first-order valence-electron chi connectivity index (χ1n) is 2.99. The van der Waals surface area contributed by atoms with E-state index < -0.39 is 12.0 Å². The molecule has 0 spiro atoms. The molecule has 0 N–H and O–H groups in total. The van der Waals surface area contributed by atoms with E-state index in [9.17, 15) is 8.78 Å². The van der Waals surface area contributed by atoms with Crippen LogP contribution < -0.4 is 0 Å². The summed E-state index contributed by atoms with van der Waals surface area (Å²) in [4.78, 5) is 3.44. The van der Waals surface area contributed by atoms with Crippen molar-refractivity contribution in [2.45, 2.75) is 6.43 Å². The van der Waals surface area contributed by atoms with Crippen molar-refractivity contribution in [3.05, 3.63) is 28.5 Å². The Bertz CT molecular complexity index is 333. The number of hydrogen-bond acceptors (Lipinski definition) is 2. The van der Waals surface area contributed by atoms with Crippen molar-refractivity contribution in [2.75, 3.05) is 0 Å².